The largest absolute Gasteiger partial charge is 0.450 e. The fourth-order valence-electron chi connectivity index (χ4n) is 2.57. The van der Waals surface area contributed by atoms with E-state index in [2.05, 4.69) is 15.0 Å². The first-order valence-corrected chi connectivity index (χ1v) is 7.89. The van der Waals surface area contributed by atoms with Gasteiger partial charge in [-0.1, -0.05) is 17.3 Å². The van der Waals surface area contributed by atoms with Crippen molar-refractivity contribution in [3.63, 3.8) is 0 Å². The lowest BCUT2D eigenvalue weighted by Crippen LogP contribution is -2.48. The number of carbonyl (C=O) groups excluding carboxylic acids is 1. The van der Waals surface area contributed by atoms with E-state index in [1.807, 2.05) is 0 Å². The van der Waals surface area contributed by atoms with E-state index in [1.165, 1.54) is 6.07 Å². The first-order valence-electron chi connectivity index (χ1n) is 7.89. The number of aromatic nitrogens is 2. The number of amides is 1. The van der Waals surface area contributed by atoms with E-state index in [0.29, 0.717) is 50.7 Å². The zero-order chi connectivity index (χ0) is 16.9. The van der Waals surface area contributed by atoms with Crippen LogP contribution in [-0.4, -0.2) is 58.8 Å². The molecule has 1 aromatic heterocycles. The van der Waals surface area contributed by atoms with Crippen molar-refractivity contribution < 1.29 is 18.4 Å². The average molecular weight is 334 g/mol. The first-order chi connectivity index (χ1) is 11.7. The van der Waals surface area contributed by atoms with E-state index in [-0.39, 0.29) is 12.0 Å². The third kappa shape index (κ3) is 3.70. The summed E-state index contributed by atoms with van der Waals surface area (Å²) < 4.78 is 23.9. The van der Waals surface area contributed by atoms with Crippen molar-refractivity contribution in [2.45, 2.75) is 13.5 Å². The molecule has 0 saturated carbocycles. The Labute approximate surface area is 139 Å². The molecule has 0 aliphatic carbocycles. The number of benzene rings is 1. The molecule has 0 bridgehead atoms. The van der Waals surface area contributed by atoms with Crippen molar-refractivity contribution in [3.8, 4) is 11.5 Å². The Bertz CT molecular complexity index is 698. The number of rotatable bonds is 4. The first kappa shape index (κ1) is 16.4. The van der Waals surface area contributed by atoms with Gasteiger partial charge in [0.2, 0.25) is 0 Å². The van der Waals surface area contributed by atoms with E-state index in [9.17, 15) is 9.18 Å². The van der Waals surface area contributed by atoms with E-state index in [1.54, 1.807) is 30.0 Å². The number of piperazine rings is 1. The molecule has 0 atom stereocenters. The van der Waals surface area contributed by atoms with Crippen LogP contribution in [0.4, 0.5) is 9.18 Å². The van der Waals surface area contributed by atoms with Crippen LogP contribution in [0.25, 0.3) is 11.5 Å². The molecular weight excluding hydrogens is 315 g/mol. The topological polar surface area (TPSA) is 71.7 Å². The molecule has 1 fully saturated rings. The molecule has 2 heterocycles. The Hall–Kier alpha value is -2.48. The molecule has 1 aromatic carbocycles. The highest BCUT2D eigenvalue weighted by Gasteiger charge is 2.23. The average Bonchev–Trinajstić information content (AvgIpc) is 3.04. The van der Waals surface area contributed by atoms with Gasteiger partial charge in [0, 0.05) is 26.2 Å². The molecule has 1 saturated heterocycles. The maximum Gasteiger partial charge on any atom is 0.409 e. The number of ether oxygens (including phenoxy) is 1. The van der Waals surface area contributed by atoms with Crippen LogP contribution < -0.4 is 0 Å². The van der Waals surface area contributed by atoms with Gasteiger partial charge in [0.25, 0.3) is 5.89 Å². The molecule has 0 radical (unpaired) electrons. The zero-order valence-electron chi connectivity index (χ0n) is 13.4. The summed E-state index contributed by atoms with van der Waals surface area (Å²) in [6, 6.07) is 6.29. The lowest BCUT2D eigenvalue weighted by Gasteiger charge is -2.33. The number of hydrogen-bond donors (Lipinski definition) is 0. The summed E-state index contributed by atoms with van der Waals surface area (Å²) in [4.78, 5) is 19.7. The Morgan fingerprint density at radius 3 is 2.75 bits per heavy atom. The molecule has 1 aliphatic rings. The van der Waals surface area contributed by atoms with Crippen molar-refractivity contribution in [2.75, 3.05) is 32.8 Å². The lowest BCUT2D eigenvalue weighted by atomic mass is 10.2. The monoisotopic (exact) mass is 334 g/mol. The maximum atomic E-state index is 13.7. The minimum Gasteiger partial charge on any atom is -0.450 e. The predicted octanol–water partition coefficient (Wildman–Crippen LogP) is 2.15. The summed E-state index contributed by atoms with van der Waals surface area (Å²) in [5.41, 5.74) is 0.295. The highest BCUT2D eigenvalue weighted by atomic mass is 19.1. The van der Waals surface area contributed by atoms with Gasteiger partial charge in [-0.05, 0) is 19.1 Å². The molecule has 0 unspecified atom stereocenters. The van der Waals surface area contributed by atoms with Gasteiger partial charge in [-0.25, -0.2) is 9.18 Å². The molecule has 8 heteroatoms. The molecule has 0 spiro atoms. The zero-order valence-corrected chi connectivity index (χ0v) is 13.4. The number of carbonyl (C=O) groups is 1. The minimum absolute atomic E-state index is 0.174. The molecule has 0 N–H and O–H groups in total. The molecular formula is C16H19FN4O3. The van der Waals surface area contributed by atoms with E-state index < -0.39 is 5.82 Å². The van der Waals surface area contributed by atoms with Crippen LogP contribution >= 0.6 is 0 Å². The van der Waals surface area contributed by atoms with Crippen molar-refractivity contribution in [3.05, 3.63) is 35.9 Å². The van der Waals surface area contributed by atoms with E-state index >= 15 is 0 Å². The van der Waals surface area contributed by atoms with Crippen molar-refractivity contribution in [1.29, 1.82) is 0 Å². The summed E-state index contributed by atoms with van der Waals surface area (Å²) in [5, 5.41) is 3.91. The predicted molar refractivity (Wildman–Crippen MR) is 83.6 cm³/mol. The molecule has 128 valence electrons. The fourth-order valence-corrected chi connectivity index (χ4v) is 2.57. The smallest absolute Gasteiger partial charge is 0.409 e. The number of hydrogen-bond acceptors (Lipinski definition) is 6. The minimum atomic E-state index is -0.393. The van der Waals surface area contributed by atoms with Crippen LogP contribution in [0.2, 0.25) is 0 Å². The molecule has 24 heavy (non-hydrogen) atoms. The van der Waals surface area contributed by atoms with Crippen LogP contribution in [0, 0.1) is 5.82 Å². The van der Waals surface area contributed by atoms with E-state index in [4.69, 9.17) is 9.26 Å². The third-order valence-corrected chi connectivity index (χ3v) is 3.84. The Kier molecular flexibility index (Phi) is 5.05. The SMILES string of the molecule is CCOC(=O)N1CCN(Cc2noc(-c3ccccc3F)n2)CC1. The summed E-state index contributed by atoms with van der Waals surface area (Å²) in [7, 11) is 0. The Morgan fingerprint density at radius 2 is 2.04 bits per heavy atom. The second kappa shape index (κ2) is 7.39. The molecule has 7 nitrogen and oxygen atoms in total. The van der Waals surface area contributed by atoms with Crippen LogP contribution in [-0.2, 0) is 11.3 Å². The standard InChI is InChI=1S/C16H19FN4O3/c1-2-23-16(22)21-9-7-20(8-10-21)11-14-18-15(24-19-14)12-5-3-4-6-13(12)17/h3-6H,2,7-11H2,1H3. The highest BCUT2D eigenvalue weighted by molar-refractivity contribution is 5.67. The van der Waals surface area contributed by atoms with Crippen molar-refractivity contribution in [2.24, 2.45) is 0 Å². The Morgan fingerprint density at radius 1 is 1.29 bits per heavy atom. The van der Waals surface area contributed by atoms with Gasteiger partial charge in [-0.15, -0.1) is 0 Å². The Balaban J connectivity index is 1.57. The van der Waals surface area contributed by atoms with Gasteiger partial charge in [0.15, 0.2) is 5.82 Å². The highest BCUT2D eigenvalue weighted by Crippen LogP contribution is 2.20. The van der Waals surface area contributed by atoms with Gasteiger partial charge in [-0.3, -0.25) is 4.90 Å². The third-order valence-electron chi connectivity index (χ3n) is 3.84. The van der Waals surface area contributed by atoms with E-state index in [0.717, 1.165) is 0 Å². The maximum absolute atomic E-state index is 13.7. The lowest BCUT2D eigenvalue weighted by molar-refractivity contribution is 0.0769. The molecule has 2 aromatic rings. The number of halogens is 1. The quantitative estimate of drug-likeness (QED) is 0.853. The van der Waals surface area contributed by atoms with Crippen LogP contribution in [0.15, 0.2) is 28.8 Å². The summed E-state index contributed by atoms with van der Waals surface area (Å²) in [6.45, 7) is 5.24. The summed E-state index contributed by atoms with van der Waals surface area (Å²) >= 11 is 0. The molecule has 1 amide bonds. The summed E-state index contributed by atoms with van der Waals surface area (Å²) in [6.07, 6.45) is -0.279. The summed E-state index contributed by atoms with van der Waals surface area (Å²) in [5.74, 6) is 0.279. The second-order valence-corrected chi connectivity index (χ2v) is 5.46. The van der Waals surface area contributed by atoms with Gasteiger partial charge in [-0.2, -0.15) is 4.98 Å². The fraction of sp³-hybridized carbons (Fsp3) is 0.438. The van der Waals surface area contributed by atoms with Gasteiger partial charge in [0.05, 0.1) is 18.7 Å². The van der Waals surface area contributed by atoms with Crippen LogP contribution in [0.5, 0.6) is 0 Å². The van der Waals surface area contributed by atoms with Crippen molar-refractivity contribution in [1.82, 2.24) is 19.9 Å². The molecule has 1 aliphatic heterocycles. The normalized spacial score (nSPS) is 15.5. The van der Waals surface area contributed by atoms with Crippen molar-refractivity contribution >= 4 is 6.09 Å². The molecule has 3 rings (SSSR count). The van der Waals surface area contributed by atoms with Crippen LogP contribution in [0.3, 0.4) is 0 Å². The van der Waals surface area contributed by atoms with Gasteiger partial charge >= 0.3 is 6.09 Å². The second-order valence-electron chi connectivity index (χ2n) is 5.46. The van der Waals surface area contributed by atoms with Gasteiger partial charge in [0.1, 0.15) is 5.82 Å². The van der Waals surface area contributed by atoms with Gasteiger partial charge < -0.3 is 14.2 Å². The van der Waals surface area contributed by atoms with Crippen LogP contribution in [0.1, 0.15) is 12.7 Å². The number of nitrogens with zero attached hydrogens (tertiary/aromatic N) is 4.